The Morgan fingerprint density at radius 3 is 2.67 bits per heavy atom. The first-order valence-corrected chi connectivity index (χ1v) is 4.99. The molecule has 0 bridgehead atoms. The zero-order valence-electron chi connectivity index (χ0n) is 8.35. The normalized spacial score (nSPS) is 10.3. The maximum atomic E-state index is 11.2. The molecule has 0 atom stereocenters. The zero-order valence-corrected chi connectivity index (χ0v) is 9.17. The highest BCUT2D eigenvalue weighted by atomic mass is 32.1. The molecule has 15 heavy (non-hydrogen) atoms. The van der Waals surface area contributed by atoms with Gasteiger partial charge in [0.15, 0.2) is 0 Å². The van der Waals surface area contributed by atoms with E-state index in [2.05, 4.69) is 9.47 Å². The Balaban J connectivity index is 2.86. The number of hydrogen-bond donors (Lipinski definition) is 0. The number of hydrogen-bond acceptors (Lipinski definition) is 5. The van der Waals surface area contributed by atoms with Crippen molar-refractivity contribution < 1.29 is 19.1 Å². The lowest BCUT2D eigenvalue weighted by atomic mass is 10.2. The Hall–Kier alpha value is -1.62. The van der Waals surface area contributed by atoms with Crippen LogP contribution >= 0.6 is 11.3 Å². The first-order chi connectivity index (χ1) is 7.19. The number of thiophene rings is 1. The summed E-state index contributed by atoms with van der Waals surface area (Å²) in [5.74, 6) is -0.869. The second kappa shape index (κ2) is 5.31. The summed E-state index contributed by atoms with van der Waals surface area (Å²) in [5, 5.41) is 1.75. The smallest absolute Gasteiger partial charge is 0.348 e. The van der Waals surface area contributed by atoms with Crippen molar-refractivity contribution in [2.75, 3.05) is 14.2 Å². The minimum atomic E-state index is -0.461. The maximum Gasteiger partial charge on any atom is 0.348 e. The van der Waals surface area contributed by atoms with Gasteiger partial charge < -0.3 is 9.47 Å². The molecule has 0 saturated carbocycles. The van der Waals surface area contributed by atoms with Crippen LogP contribution in [0.25, 0.3) is 6.08 Å². The first-order valence-electron chi connectivity index (χ1n) is 4.11. The van der Waals surface area contributed by atoms with Gasteiger partial charge in [0, 0.05) is 11.6 Å². The number of rotatable bonds is 3. The van der Waals surface area contributed by atoms with E-state index in [9.17, 15) is 9.59 Å². The van der Waals surface area contributed by atoms with Crippen molar-refractivity contribution in [3.8, 4) is 0 Å². The summed E-state index contributed by atoms with van der Waals surface area (Å²) in [6, 6.07) is 1.73. The molecule has 0 aliphatic rings. The van der Waals surface area contributed by atoms with E-state index < -0.39 is 11.9 Å². The van der Waals surface area contributed by atoms with Gasteiger partial charge in [-0.15, -0.1) is 11.3 Å². The molecule has 0 unspecified atom stereocenters. The van der Waals surface area contributed by atoms with E-state index in [0.717, 1.165) is 0 Å². The van der Waals surface area contributed by atoms with Crippen molar-refractivity contribution in [1.82, 2.24) is 0 Å². The van der Waals surface area contributed by atoms with Gasteiger partial charge in [0.05, 0.1) is 14.2 Å². The van der Waals surface area contributed by atoms with Gasteiger partial charge >= 0.3 is 11.9 Å². The van der Waals surface area contributed by atoms with Crippen molar-refractivity contribution in [2.24, 2.45) is 0 Å². The minimum absolute atomic E-state index is 0.408. The van der Waals surface area contributed by atoms with Crippen LogP contribution in [-0.2, 0) is 14.3 Å². The highest BCUT2D eigenvalue weighted by Gasteiger charge is 2.11. The summed E-state index contributed by atoms with van der Waals surface area (Å²) in [4.78, 5) is 22.6. The summed E-state index contributed by atoms with van der Waals surface area (Å²) in [6.07, 6.45) is 2.78. The van der Waals surface area contributed by atoms with Gasteiger partial charge in [0.2, 0.25) is 0 Å². The van der Waals surface area contributed by atoms with E-state index in [1.807, 2.05) is 0 Å². The van der Waals surface area contributed by atoms with Crippen molar-refractivity contribution in [3.05, 3.63) is 28.0 Å². The molecule has 0 aliphatic heterocycles. The quantitative estimate of drug-likeness (QED) is 0.581. The molecular formula is C10H10O4S. The van der Waals surface area contributed by atoms with Crippen molar-refractivity contribution in [3.63, 3.8) is 0 Å². The number of ether oxygens (including phenoxy) is 2. The van der Waals surface area contributed by atoms with E-state index in [1.54, 1.807) is 11.4 Å². The van der Waals surface area contributed by atoms with Crippen LogP contribution in [0.2, 0.25) is 0 Å². The van der Waals surface area contributed by atoms with Crippen molar-refractivity contribution in [1.29, 1.82) is 0 Å². The largest absolute Gasteiger partial charge is 0.466 e. The molecule has 4 nitrogen and oxygen atoms in total. The first kappa shape index (κ1) is 11.5. The fraction of sp³-hybridized carbons (Fsp3) is 0.200. The fourth-order valence-electron chi connectivity index (χ4n) is 0.935. The molecule has 0 spiro atoms. The van der Waals surface area contributed by atoms with Crippen LogP contribution in [0.1, 0.15) is 15.2 Å². The van der Waals surface area contributed by atoms with Gasteiger partial charge in [-0.25, -0.2) is 9.59 Å². The summed E-state index contributed by atoms with van der Waals surface area (Å²) in [6.45, 7) is 0. The van der Waals surface area contributed by atoms with Gasteiger partial charge in [0.1, 0.15) is 4.88 Å². The molecule has 0 aliphatic carbocycles. The Morgan fingerprint density at radius 2 is 2.07 bits per heavy atom. The van der Waals surface area contributed by atoms with Gasteiger partial charge in [-0.1, -0.05) is 0 Å². The predicted octanol–water partition coefficient (Wildman–Crippen LogP) is 1.72. The van der Waals surface area contributed by atoms with Gasteiger partial charge in [-0.2, -0.15) is 0 Å². The molecule has 0 radical (unpaired) electrons. The molecule has 0 fully saturated rings. The molecule has 1 rings (SSSR count). The van der Waals surface area contributed by atoms with Crippen LogP contribution in [0.5, 0.6) is 0 Å². The fourth-order valence-corrected chi connectivity index (χ4v) is 1.74. The lowest BCUT2D eigenvalue weighted by Gasteiger charge is -1.96. The van der Waals surface area contributed by atoms with Crippen LogP contribution < -0.4 is 0 Å². The lowest BCUT2D eigenvalue weighted by molar-refractivity contribution is -0.134. The molecule has 1 aromatic heterocycles. The molecular weight excluding hydrogens is 216 g/mol. The highest BCUT2D eigenvalue weighted by Crippen LogP contribution is 2.19. The molecule has 5 heteroatoms. The Morgan fingerprint density at radius 1 is 1.33 bits per heavy atom. The summed E-state index contributed by atoms with van der Waals surface area (Å²) >= 11 is 1.26. The van der Waals surface area contributed by atoms with Crippen molar-refractivity contribution >= 4 is 29.4 Å². The Bertz CT molecular complexity index is 392. The van der Waals surface area contributed by atoms with Crippen LogP contribution in [-0.4, -0.2) is 26.2 Å². The predicted molar refractivity (Wildman–Crippen MR) is 56.7 cm³/mol. The maximum absolute atomic E-state index is 11.2. The topological polar surface area (TPSA) is 52.6 Å². The van der Waals surface area contributed by atoms with Crippen LogP contribution in [0.15, 0.2) is 17.5 Å². The van der Waals surface area contributed by atoms with E-state index in [0.29, 0.717) is 10.4 Å². The molecule has 0 saturated heterocycles. The summed E-state index contributed by atoms with van der Waals surface area (Å²) in [7, 11) is 2.61. The monoisotopic (exact) mass is 226 g/mol. The average molecular weight is 226 g/mol. The molecule has 1 aromatic rings. The Labute approximate surface area is 91.1 Å². The van der Waals surface area contributed by atoms with Crippen LogP contribution in [0.4, 0.5) is 0 Å². The molecule has 0 aromatic carbocycles. The van der Waals surface area contributed by atoms with Crippen LogP contribution in [0, 0.1) is 0 Å². The number of methoxy groups -OCH3 is 2. The minimum Gasteiger partial charge on any atom is -0.466 e. The SMILES string of the molecule is COC(=O)/C=C/c1ccsc1C(=O)OC. The second-order valence-corrected chi connectivity index (χ2v) is 3.47. The number of carbonyl (C=O) groups is 2. The number of carbonyl (C=O) groups excluding carboxylic acids is 2. The lowest BCUT2D eigenvalue weighted by Crippen LogP contribution is -2.00. The zero-order chi connectivity index (χ0) is 11.3. The van der Waals surface area contributed by atoms with Gasteiger partial charge in [0.25, 0.3) is 0 Å². The molecule has 80 valence electrons. The molecule has 0 N–H and O–H groups in total. The number of esters is 2. The molecule has 0 amide bonds. The Kier molecular flexibility index (Phi) is 4.05. The van der Waals surface area contributed by atoms with E-state index in [-0.39, 0.29) is 0 Å². The average Bonchev–Trinajstić information content (AvgIpc) is 2.72. The summed E-state index contributed by atoms with van der Waals surface area (Å²) < 4.78 is 9.03. The van der Waals surface area contributed by atoms with E-state index in [4.69, 9.17) is 0 Å². The van der Waals surface area contributed by atoms with E-state index >= 15 is 0 Å². The third-order valence-electron chi connectivity index (χ3n) is 1.67. The third kappa shape index (κ3) is 2.92. The molecule has 1 heterocycles. The van der Waals surface area contributed by atoms with Gasteiger partial charge in [-0.05, 0) is 17.5 Å². The third-order valence-corrected chi connectivity index (χ3v) is 2.58. The summed E-state index contributed by atoms with van der Waals surface area (Å²) in [5.41, 5.74) is 0.650. The second-order valence-electron chi connectivity index (χ2n) is 2.55. The van der Waals surface area contributed by atoms with Crippen molar-refractivity contribution in [2.45, 2.75) is 0 Å². The van der Waals surface area contributed by atoms with Gasteiger partial charge in [-0.3, -0.25) is 0 Å². The standard InChI is InChI=1S/C10H10O4S/c1-13-8(11)4-3-7-5-6-15-9(7)10(12)14-2/h3-6H,1-2H3/b4-3+. The van der Waals surface area contributed by atoms with E-state index in [1.165, 1.54) is 37.7 Å². The van der Waals surface area contributed by atoms with Crippen LogP contribution in [0.3, 0.4) is 0 Å². The highest BCUT2D eigenvalue weighted by molar-refractivity contribution is 7.12.